The molecular weight excluding hydrogens is 452 g/mol. The molecule has 10 heteroatoms. The zero-order valence-electron chi connectivity index (χ0n) is 20.1. The first kappa shape index (κ1) is 24.1. The molecule has 1 fully saturated rings. The average Bonchev–Trinajstić information content (AvgIpc) is 3.20. The standard InChI is InChI=1S/C25H32N4O6/c1-29-9-7-25-18-3-2-4-21(25)35-24-20(6-5-17(23(24)25)15-19(18)29)34-22(30)16-33-14-13-32-12-11-31-10-8-27-28-26/h2-3,5-6,18-19,21H,4,7-16H2,1H3/t18-,19+,21-,25+/m0/s1. The van der Waals surface area contributed by atoms with Gasteiger partial charge in [0.2, 0.25) is 0 Å². The van der Waals surface area contributed by atoms with E-state index in [1.165, 1.54) is 11.1 Å². The number of likely N-dealkylation sites (N-methyl/N-ethyl adjacent to an activating group) is 1. The third kappa shape index (κ3) is 4.52. The fourth-order valence-corrected chi connectivity index (χ4v) is 6.18. The molecule has 5 rings (SSSR count). The zero-order chi connectivity index (χ0) is 24.3. The summed E-state index contributed by atoms with van der Waals surface area (Å²) in [6.45, 7) is 2.97. The predicted octanol–water partition coefficient (Wildman–Crippen LogP) is 2.79. The van der Waals surface area contributed by atoms with E-state index in [4.69, 9.17) is 29.2 Å². The van der Waals surface area contributed by atoms with Gasteiger partial charge in [0.15, 0.2) is 11.5 Å². The minimum atomic E-state index is -0.453. The molecule has 1 saturated heterocycles. The van der Waals surface area contributed by atoms with Gasteiger partial charge in [0.25, 0.3) is 0 Å². The summed E-state index contributed by atoms with van der Waals surface area (Å²) in [7, 11) is 2.22. The van der Waals surface area contributed by atoms with E-state index in [-0.39, 0.29) is 24.7 Å². The molecule has 1 spiro atoms. The van der Waals surface area contributed by atoms with Crippen molar-refractivity contribution in [3.05, 3.63) is 45.9 Å². The van der Waals surface area contributed by atoms with Gasteiger partial charge in [-0.3, -0.25) is 0 Å². The topological polar surface area (TPSA) is 115 Å². The minimum Gasteiger partial charge on any atom is -0.485 e. The summed E-state index contributed by atoms with van der Waals surface area (Å²) in [6.07, 6.45) is 7.67. The summed E-state index contributed by atoms with van der Waals surface area (Å²) in [6, 6.07) is 4.46. The van der Waals surface area contributed by atoms with Crippen LogP contribution in [0.3, 0.4) is 0 Å². The van der Waals surface area contributed by atoms with Crippen molar-refractivity contribution in [3.63, 3.8) is 0 Å². The number of likely N-dealkylation sites (tertiary alicyclic amines) is 1. The summed E-state index contributed by atoms with van der Waals surface area (Å²) in [5.41, 5.74) is 10.7. The highest BCUT2D eigenvalue weighted by Gasteiger charge is 2.62. The van der Waals surface area contributed by atoms with E-state index < -0.39 is 5.97 Å². The van der Waals surface area contributed by atoms with E-state index >= 15 is 0 Å². The summed E-state index contributed by atoms with van der Waals surface area (Å²) in [5, 5.41) is 3.38. The lowest BCUT2D eigenvalue weighted by atomic mass is 9.54. The van der Waals surface area contributed by atoms with Gasteiger partial charge in [0.1, 0.15) is 12.7 Å². The Morgan fingerprint density at radius 2 is 2.03 bits per heavy atom. The molecule has 0 amide bonds. The second kappa shape index (κ2) is 10.6. The van der Waals surface area contributed by atoms with E-state index in [0.717, 1.165) is 31.6 Å². The first-order valence-electron chi connectivity index (χ1n) is 12.3. The van der Waals surface area contributed by atoms with Crippen molar-refractivity contribution in [1.29, 1.82) is 0 Å². The average molecular weight is 485 g/mol. The number of rotatable bonds is 12. The van der Waals surface area contributed by atoms with Crippen molar-refractivity contribution in [1.82, 2.24) is 4.90 Å². The Kier molecular flexibility index (Phi) is 7.27. The molecule has 0 aromatic heterocycles. The number of azide groups is 1. The third-order valence-electron chi connectivity index (χ3n) is 7.67. The molecule has 4 aliphatic rings. The van der Waals surface area contributed by atoms with E-state index in [9.17, 15) is 4.79 Å². The van der Waals surface area contributed by atoms with Crippen molar-refractivity contribution in [2.45, 2.75) is 36.8 Å². The fraction of sp³-hybridized carbons (Fsp3) is 0.640. The molecule has 4 atom stereocenters. The molecule has 1 aromatic rings. The zero-order valence-corrected chi connectivity index (χ0v) is 20.1. The first-order valence-corrected chi connectivity index (χ1v) is 12.3. The molecule has 2 aliphatic heterocycles. The molecule has 10 nitrogen and oxygen atoms in total. The van der Waals surface area contributed by atoms with Gasteiger partial charge < -0.3 is 28.6 Å². The van der Waals surface area contributed by atoms with Gasteiger partial charge in [-0.05, 0) is 43.6 Å². The van der Waals surface area contributed by atoms with Gasteiger partial charge in [-0.15, -0.1) is 0 Å². The Labute approximate surface area is 204 Å². The Balaban J connectivity index is 1.13. The number of esters is 1. The van der Waals surface area contributed by atoms with Crippen LogP contribution in [0.1, 0.15) is 24.0 Å². The highest BCUT2D eigenvalue weighted by atomic mass is 16.6. The molecule has 188 valence electrons. The smallest absolute Gasteiger partial charge is 0.337 e. The summed E-state index contributed by atoms with van der Waals surface area (Å²) >= 11 is 0. The maximum atomic E-state index is 12.5. The van der Waals surface area contributed by atoms with Crippen molar-refractivity contribution in [2.24, 2.45) is 11.0 Å². The number of piperidine rings is 1. The maximum Gasteiger partial charge on any atom is 0.337 e. The van der Waals surface area contributed by atoms with Crippen LogP contribution in [-0.2, 0) is 30.8 Å². The first-order chi connectivity index (χ1) is 17.1. The lowest BCUT2D eigenvalue weighted by Gasteiger charge is -2.55. The SMILES string of the molecule is CN1CC[C@]23c4c5ccc(OC(=O)COCCOCCOCCN=[N+]=[N-])c4O[C@H]2CC=C[C@H]3[C@H]1C5. The van der Waals surface area contributed by atoms with Crippen LogP contribution in [0, 0.1) is 5.92 Å². The normalized spacial score (nSPS) is 27.6. The van der Waals surface area contributed by atoms with Crippen LogP contribution < -0.4 is 9.47 Å². The van der Waals surface area contributed by atoms with E-state index in [1.807, 2.05) is 6.07 Å². The quantitative estimate of drug-likeness (QED) is 0.0852. The van der Waals surface area contributed by atoms with Crippen LogP contribution in [-0.4, -0.2) is 82.8 Å². The molecular formula is C25H32N4O6. The Hall–Kier alpha value is -2.62. The van der Waals surface area contributed by atoms with Crippen molar-refractivity contribution in [2.75, 3.05) is 59.8 Å². The third-order valence-corrected chi connectivity index (χ3v) is 7.67. The number of benzene rings is 1. The molecule has 0 radical (unpaired) electrons. The number of ether oxygens (including phenoxy) is 5. The monoisotopic (exact) mass is 484 g/mol. The Bertz CT molecular complexity index is 1030. The van der Waals surface area contributed by atoms with Crippen LogP contribution in [0.25, 0.3) is 10.4 Å². The van der Waals surface area contributed by atoms with E-state index in [2.05, 4.69) is 40.2 Å². The number of carbonyl (C=O) groups excluding carboxylic acids is 1. The van der Waals surface area contributed by atoms with Crippen LogP contribution in [0.2, 0.25) is 0 Å². The number of nitrogens with zero attached hydrogens (tertiary/aromatic N) is 4. The number of hydrogen-bond acceptors (Lipinski definition) is 8. The van der Waals surface area contributed by atoms with Gasteiger partial charge >= 0.3 is 5.97 Å². The molecule has 1 aromatic carbocycles. The Morgan fingerprint density at radius 3 is 2.86 bits per heavy atom. The highest BCUT2D eigenvalue weighted by Crippen LogP contribution is 2.62. The van der Waals surface area contributed by atoms with Crippen LogP contribution in [0.15, 0.2) is 29.4 Å². The lowest BCUT2D eigenvalue weighted by molar-refractivity contribution is -0.140. The van der Waals surface area contributed by atoms with Crippen molar-refractivity contribution in [3.8, 4) is 11.5 Å². The minimum absolute atomic E-state index is 0.0161. The summed E-state index contributed by atoms with van der Waals surface area (Å²) < 4.78 is 28.3. The predicted molar refractivity (Wildman–Crippen MR) is 127 cm³/mol. The van der Waals surface area contributed by atoms with Gasteiger partial charge in [0.05, 0.1) is 33.0 Å². The number of carbonyl (C=O) groups is 1. The van der Waals surface area contributed by atoms with Crippen LogP contribution in [0.5, 0.6) is 11.5 Å². The van der Waals surface area contributed by atoms with Crippen molar-refractivity contribution >= 4 is 5.97 Å². The van der Waals surface area contributed by atoms with Gasteiger partial charge in [0, 0.05) is 40.8 Å². The number of hydrogen-bond donors (Lipinski definition) is 0. The van der Waals surface area contributed by atoms with Crippen LogP contribution >= 0.6 is 0 Å². The molecule has 35 heavy (non-hydrogen) atoms. The van der Waals surface area contributed by atoms with Gasteiger partial charge in [-0.2, -0.15) is 0 Å². The van der Waals surface area contributed by atoms with Gasteiger partial charge in [-0.1, -0.05) is 23.3 Å². The molecule has 2 heterocycles. The maximum absolute atomic E-state index is 12.5. The summed E-state index contributed by atoms with van der Waals surface area (Å²) in [4.78, 5) is 17.6. The molecule has 0 unspecified atom stereocenters. The second-order valence-corrected chi connectivity index (χ2v) is 9.47. The lowest BCUT2D eigenvalue weighted by Crippen LogP contribution is -2.62. The fourth-order valence-electron chi connectivity index (χ4n) is 6.18. The molecule has 0 N–H and O–H groups in total. The van der Waals surface area contributed by atoms with E-state index in [1.54, 1.807) is 0 Å². The van der Waals surface area contributed by atoms with E-state index in [0.29, 0.717) is 50.7 Å². The summed E-state index contributed by atoms with van der Waals surface area (Å²) in [5.74, 6) is 1.22. The largest absolute Gasteiger partial charge is 0.485 e. The van der Waals surface area contributed by atoms with Crippen LogP contribution in [0.4, 0.5) is 0 Å². The molecule has 0 saturated carbocycles. The highest BCUT2D eigenvalue weighted by molar-refractivity contribution is 5.75. The second-order valence-electron chi connectivity index (χ2n) is 9.47. The molecule has 2 aliphatic carbocycles. The van der Waals surface area contributed by atoms with Crippen molar-refractivity contribution < 1.29 is 28.5 Å². The Morgan fingerprint density at radius 1 is 1.23 bits per heavy atom. The molecule has 2 bridgehead atoms. The van der Waals surface area contributed by atoms with Gasteiger partial charge in [-0.25, -0.2) is 4.79 Å².